The summed E-state index contributed by atoms with van der Waals surface area (Å²) in [6.45, 7) is 0. The molecule has 0 bridgehead atoms. The highest BCUT2D eigenvalue weighted by Gasteiger charge is 2.34. The third kappa shape index (κ3) is 5.46. The number of amidine groups is 1. The standard InChI is InChI=1S/C22H17F2N5O5S/c23-11-7-5-10(6-8-11)17(16-19(32)27-21(34)28-20(16)33)26-22-29-18(31)14(35-22)9-15(30)25-13-4-2-1-3-12(13)24/h1-8,14,17H,9H2,(H,25,30)(H,26,29,31)(H3,27,28,32,33,34)/t14-,17+/m0/s1. The van der Waals surface area contributed by atoms with Gasteiger partial charge in [0.2, 0.25) is 17.7 Å². The first-order valence-corrected chi connectivity index (χ1v) is 11.0. The molecule has 0 spiro atoms. The molecule has 1 aliphatic rings. The van der Waals surface area contributed by atoms with Gasteiger partial charge in [-0.1, -0.05) is 36.0 Å². The number of halogens is 2. The molecule has 2 heterocycles. The quantitative estimate of drug-likeness (QED) is 0.346. The number of H-pyrrole nitrogens is 2. The molecular weight excluding hydrogens is 484 g/mol. The van der Waals surface area contributed by atoms with Crippen LogP contribution in [0.25, 0.3) is 0 Å². The highest BCUT2D eigenvalue weighted by molar-refractivity contribution is 8.15. The van der Waals surface area contributed by atoms with E-state index in [4.69, 9.17) is 0 Å². The van der Waals surface area contributed by atoms with Crippen molar-refractivity contribution in [3.05, 3.63) is 92.1 Å². The molecule has 1 saturated heterocycles. The highest BCUT2D eigenvalue weighted by atomic mass is 32.2. The molecule has 10 nitrogen and oxygen atoms in total. The van der Waals surface area contributed by atoms with Gasteiger partial charge < -0.3 is 15.7 Å². The number of para-hydroxylation sites is 1. The summed E-state index contributed by atoms with van der Waals surface area (Å²) in [4.78, 5) is 57.1. The van der Waals surface area contributed by atoms with Gasteiger partial charge in [0, 0.05) is 6.42 Å². The summed E-state index contributed by atoms with van der Waals surface area (Å²) in [5, 5.41) is 14.2. The van der Waals surface area contributed by atoms with Crippen LogP contribution in [0, 0.1) is 11.6 Å². The van der Waals surface area contributed by atoms with Crippen LogP contribution in [0.4, 0.5) is 14.5 Å². The zero-order valence-electron chi connectivity index (χ0n) is 17.7. The number of hydrogen-bond donors (Lipinski definition) is 5. The molecule has 1 aromatic heterocycles. The Morgan fingerprint density at radius 2 is 1.80 bits per heavy atom. The minimum Gasteiger partial charge on any atom is -0.494 e. The van der Waals surface area contributed by atoms with Gasteiger partial charge in [0.1, 0.15) is 28.5 Å². The lowest BCUT2D eigenvalue weighted by Gasteiger charge is -2.14. The molecule has 180 valence electrons. The van der Waals surface area contributed by atoms with E-state index < -0.39 is 51.9 Å². The number of carbonyl (C=O) groups excluding carboxylic acids is 2. The van der Waals surface area contributed by atoms with Crippen molar-refractivity contribution in [1.29, 1.82) is 0 Å². The molecule has 4 rings (SSSR count). The average molecular weight is 501 g/mol. The first-order valence-electron chi connectivity index (χ1n) is 10.1. The Morgan fingerprint density at radius 3 is 2.49 bits per heavy atom. The second-order valence-electron chi connectivity index (χ2n) is 7.39. The summed E-state index contributed by atoms with van der Waals surface area (Å²) in [6.07, 6.45) is -0.296. The lowest BCUT2D eigenvalue weighted by atomic mass is 10.0. The maximum Gasteiger partial charge on any atom is 0.328 e. The van der Waals surface area contributed by atoms with Crippen molar-refractivity contribution < 1.29 is 23.5 Å². The number of rotatable bonds is 6. The Morgan fingerprint density at radius 1 is 1.09 bits per heavy atom. The Hall–Kier alpha value is -4.26. The number of hydrogen-bond acceptors (Lipinski definition) is 7. The van der Waals surface area contributed by atoms with E-state index in [1.165, 1.54) is 30.3 Å². The normalized spacial score (nSPS) is 17.3. The van der Waals surface area contributed by atoms with Crippen LogP contribution in [0.5, 0.6) is 5.88 Å². The predicted octanol–water partition coefficient (Wildman–Crippen LogP) is 1.75. The molecule has 13 heteroatoms. The molecule has 0 aliphatic carbocycles. The average Bonchev–Trinajstić information content (AvgIpc) is 3.13. The maximum absolute atomic E-state index is 13.8. The number of carbonyl (C=O) groups is 2. The maximum atomic E-state index is 13.8. The number of amides is 2. The number of thioether (sulfide) groups is 1. The van der Waals surface area contributed by atoms with E-state index in [-0.39, 0.29) is 28.4 Å². The zero-order chi connectivity index (χ0) is 25.1. The van der Waals surface area contributed by atoms with Crippen LogP contribution < -0.4 is 21.9 Å². The monoisotopic (exact) mass is 501 g/mol. The summed E-state index contributed by atoms with van der Waals surface area (Å²) in [7, 11) is 0. The van der Waals surface area contributed by atoms with Crippen molar-refractivity contribution in [3.8, 4) is 5.88 Å². The SMILES string of the molecule is O=C(C[C@@H]1SC(=N[C@H](c2ccc(F)cc2)c2c(O)[nH]c(=O)[nH]c2=O)NC1=O)Nc1ccccc1F. The first kappa shape index (κ1) is 23.9. The smallest absolute Gasteiger partial charge is 0.328 e. The third-order valence-electron chi connectivity index (χ3n) is 4.96. The summed E-state index contributed by atoms with van der Waals surface area (Å²) < 4.78 is 27.2. The lowest BCUT2D eigenvalue weighted by Crippen LogP contribution is -2.29. The molecule has 1 aliphatic heterocycles. The van der Waals surface area contributed by atoms with Crippen molar-refractivity contribution >= 4 is 34.4 Å². The Labute approximate surface area is 199 Å². The van der Waals surface area contributed by atoms with Crippen molar-refractivity contribution in [2.75, 3.05) is 5.32 Å². The topological polar surface area (TPSA) is 157 Å². The van der Waals surface area contributed by atoms with Crippen molar-refractivity contribution in [3.63, 3.8) is 0 Å². The van der Waals surface area contributed by atoms with Gasteiger partial charge in [0.15, 0.2) is 5.17 Å². The number of aliphatic imine (C=N–C) groups is 1. The number of aromatic amines is 2. The summed E-state index contributed by atoms with van der Waals surface area (Å²) in [6, 6.07) is 9.24. The first-order chi connectivity index (χ1) is 16.7. The van der Waals surface area contributed by atoms with E-state index in [1.54, 1.807) is 6.07 Å². The zero-order valence-corrected chi connectivity index (χ0v) is 18.5. The van der Waals surface area contributed by atoms with E-state index >= 15 is 0 Å². The largest absolute Gasteiger partial charge is 0.494 e. The van der Waals surface area contributed by atoms with Gasteiger partial charge >= 0.3 is 5.69 Å². The van der Waals surface area contributed by atoms with E-state index in [0.717, 1.165) is 23.9 Å². The molecule has 2 aromatic carbocycles. The summed E-state index contributed by atoms with van der Waals surface area (Å²) in [5.41, 5.74) is -1.95. The highest BCUT2D eigenvalue weighted by Crippen LogP contribution is 2.32. The molecule has 0 unspecified atom stereocenters. The molecule has 5 N–H and O–H groups in total. The third-order valence-corrected chi connectivity index (χ3v) is 6.06. The molecule has 2 amide bonds. The molecule has 2 atom stereocenters. The predicted molar refractivity (Wildman–Crippen MR) is 124 cm³/mol. The molecule has 3 aromatic rings. The van der Waals surface area contributed by atoms with E-state index in [0.29, 0.717) is 0 Å². The fourth-order valence-corrected chi connectivity index (χ4v) is 4.33. The van der Waals surface area contributed by atoms with Gasteiger partial charge in [-0.2, -0.15) is 0 Å². The Bertz CT molecular complexity index is 1440. The second-order valence-corrected chi connectivity index (χ2v) is 8.58. The number of benzene rings is 2. The van der Waals surface area contributed by atoms with E-state index in [2.05, 4.69) is 20.6 Å². The molecular formula is C22H17F2N5O5S. The number of nitrogens with zero attached hydrogens (tertiary/aromatic N) is 1. The van der Waals surface area contributed by atoms with Gasteiger partial charge in [-0.25, -0.2) is 18.6 Å². The molecule has 35 heavy (non-hydrogen) atoms. The summed E-state index contributed by atoms with van der Waals surface area (Å²) in [5.74, 6) is -3.07. The number of aromatic hydroxyl groups is 1. The van der Waals surface area contributed by atoms with Gasteiger partial charge in [0.05, 0.1) is 5.69 Å². The van der Waals surface area contributed by atoms with Gasteiger partial charge in [-0.15, -0.1) is 0 Å². The molecule has 0 radical (unpaired) electrons. The fourth-order valence-electron chi connectivity index (χ4n) is 3.34. The van der Waals surface area contributed by atoms with Crippen LogP contribution in [0.15, 0.2) is 63.1 Å². The summed E-state index contributed by atoms with van der Waals surface area (Å²) >= 11 is 0.892. The number of aromatic nitrogens is 2. The van der Waals surface area contributed by atoms with Crippen molar-refractivity contribution in [1.82, 2.24) is 15.3 Å². The van der Waals surface area contributed by atoms with E-state index in [1.807, 2.05) is 4.98 Å². The Kier molecular flexibility index (Phi) is 6.78. The number of nitrogens with one attached hydrogen (secondary N) is 4. The van der Waals surface area contributed by atoms with Crippen LogP contribution in [0.1, 0.15) is 23.6 Å². The molecule has 0 saturated carbocycles. The fraction of sp³-hybridized carbons (Fsp3) is 0.136. The Balaban J connectivity index is 1.60. The van der Waals surface area contributed by atoms with Gasteiger partial charge in [0.25, 0.3) is 5.56 Å². The minimum atomic E-state index is -1.23. The van der Waals surface area contributed by atoms with E-state index in [9.17, 15) is 33.1 Å². The molecule has 1 fully saturated rings. The second kappa shape index (κ2) is 9.93. The lowest BCUT2D eigenvalue weighted by molar-refractivity contribution is -0.122. The van der Waals surface area contributed by atoms with Crippen LogP contribution in [0.2, 0.25) is 0 Å². The van der Waals surface area contributed by atoms with Gasteiger partial charge in [-0.05, 0) is 29.8 Å². The van der Waals surface area contributed by atoms with Crippen LogP contribution in [-0.2, 0) is 9.59 Å². The van der Waals surface area contributed by atoms with Crippen LogP contribution >= 0.6 is 11.8 Å². The van der Waals surface area contributed by atoms with Crippen molar-refractivity contribution in [2.24, 2.45) is 4.99 Å². The van der Waals surface area contributed by atoms with Crippen LogP contribution in [0.3, 0.4) is 0 Å². The van der Waals surface area contributed by atoms with Crippen LogP contribution in [-0.4, -0.2) is 37.3 Å². The van der Waals surface area contributed by atoms with Crippen molar-refractivity contribution in [2.45, 2.75) is 17.7 Å². The number of anilines is 1. The van der Waals surface area contributed by atoms with Gasteiger partial charge in [-0.3, -0.25) is 24.4 Å². The minimum absolute atomic E-state index is 0.0259.